The van der Waals surface area contributed by atoms with Crippen molar-refractivity contribution in [2.45, 2.75) is 19.5 Å². The molecule has 2 rings (SSSR count). The van der Waals surface area contributed by atoms with Crippen LogP contribution in [0.3, 0.4) is 0 Å². The minimum absolute atomic E-state index is 0.291. The molecule has 0 aromatic heterocycles. The van der Waals surface area contributed by atoms with Gasteiger partial charge in [-0.25, -0.2) is 0 Å². The number of hydrogen-bond acceptors (Lipinski definition) is 2. The molecule has 0 amide bonds. The van der Waals surface area contributed by atoms with Crippen LogP contribution >= 0.6 is 27.5 Å². The van der Waals surface area contributed by atoms with Crippen molar-refractivity contribution in [1.82, 2.24) is 4.90 Å². The Morgan fingerprint density at radius 1 is 1.20 bits per heavy atom. The highest BCUT2D eigenvalue weighted by atomic mass is 79.9. The summed E-state index contributed by atoms with van der Waals surface area (Å²) in [5.74, 6) is 0. The molecule has 106 valence electrons. The van der Waals surface area contributed by atoms with Crippen molar-refractivity contribution in [2.75, 3.05) is 12.8 Å². The Hall–Kier alpha value is -1.03. The van der Waals surface area contributed by atoms with E-state index in [0.29, 0.717) is 6.04 Å². The maximum atomic E-state index is 6.05. The van der Waals surface area contributed by atoms with Gasteiger partial charge in [-0.15, -0.1) is 0 Å². The van der Waals surface area contributed by atoms with Crippen LogP contribution < -0.4 is 5.73 Å². The summed E-state index contributed by atoms with van der Waals surface area (Å²) in [6, 6.07) is 14.2. The fourth-order valence-electron chi connectivity index (χ4n) is 2.12. The minimum Gasteiger partial charge on any atom is -0.398 e. The van der Waals surface area contributed by atoms with Gasteiger partial charge in [-0.2, -0.15) is 0 Å². The van der Waals surface area contributed by atoms with Crippen LogP contribution in [0, 0.1) is 0 Å². The molecular weight excluding hydrogens is 336 g/mol. The molecular formula is C16H18BrClN2. The third kappa shape index (κ3) is 3.54. The third-order valence-corrected chi connectivity index (χ3v) is 4.57. The molecule has 0 bridgehead atoms. The Morgan fingerprint density at radius 3 is 2.45 bits per heavy atom. The molecule has 4 heteroatoms. The number of anilines is 1. The molecule has 0 saturated heterocycles. The summed E-state index contributed by atoms with van der Waals surface area (Å²) >= 11 is 9.50. The zero-order chi connectivity index (χ0) is 14.7. The van der Waals surface area contributed by atoms with Crippen LogP contribution in [0.2, 0.25) is 5.02 Å². The van der Waals surface area contributed by atoms with Gasteiger partial charge in [-0.3, -0.25) is 4.90 Å². The lowest BCUT2D eigenvalue weighted by Gasteiger charge is -2.26. The normalized spacial score (nSPS) is 12.7. The van der Waals surface area contributed by atoms with E-state index in [-0.39, 0.29) is 0 Å². The van der Waals surface area contributed by atoms with E-state index in [0.717, 1.165) is 27.3 Å². The number of benzene rings is 2. The second kappa shape index (κ2) is 6.61. The van der Waals surface area contributed by atoms with E-state index in [4.69, 9.17) is 17.3 Å². The molecule has 0 aliphatic heterocycles. The van der Waals surface area contributed by atoms with Gasteiger partial charge in [-0.1, -0.05) is 45.7 Å². The summed E-state index contributed by atoms with van der Waals surface area (Å²) in [5, 5.41) is 0.763. The molecule has 0 radical (unpaired) electrons. The van der Waals surface area contributed by atoms with Crippen LogP contribution in [0.15, 0.2) is 46.9 Å². The number of nitrogens with two attached hydrogens (primary N) is 1. The van der Waals surface area contributed by atoms with Crippen LogP contribution in [0.5, 0.6) is 0 Å². The molecule has 0 spiro atoms. The zero-order valence-corrected chi connectivity index (χ0v) is 13.9. The number of halogens is 2. The Labute approximate surface area is 133 Å². The number of rotatable bonds is 4. The molecule has 2 N–H and O–H groups in total. The van der Waals surface area contributed by atoms with Crippen LogP contribution in [0.4, 0.5) is 5.69 Å². The van der Waals surface area contributed by atoms with Gasteiger partial charge >= 0.3 is 0 Å². The molecule has 2 aromatic carbocycles. The lowest BCUT2D eigenvalue weighted by atomic mass is 10.1. The fourth-order valence-corrected chi connectivity index (χ4v) is 2.76. The third-order valence-electron chi connectivity index (χ3n) is 3.58. The molecule has 0 aliphatic rings. The zero-order valence-electron chi connectivity index (χ0n) is 11.6. The van der Waals surface area contributed by atoms with Crippen LogP contribution in [-0.4, -0.2) is 11.9 Å². The summed E-state index contributed by atoms with van der Waals surface area (Å²) in [6.07, 6.45) is 0. The van der Waals surface area contributed by atoms with Gasteiger partial charge in [0, 0.05) is 33.3 Å². The first-order valence-corrected chi connectivity index (χ1v) is 7.64. The van der Waals surface area contributed by atoms with Crippen molar-refractivity contribution in [1.29, 1.82) is 0 Å². The van der Waals surface area contributed by atoms with Crippen molar-refractivity contribution >= 4 is 33.2 Å². The van der Waals surface area contributed by atoms with Gasteiger partial charge in [0.05, 0.1) is 0 Å². The van der Waals surface area contributed by atoms with Gasteiger partial charge < -0.3 is 5.73 Å². The van der Waals surface area contributed by atoms with Crippen LogP contribution in [-0.2, 0) is 6.54 Å². The molecule has 0 saturated carbocycles. The molecule has 0 heterocycles. The minimum atomic E-state index is 0.291. The van der Waals surface area contributed by atoms with Crippen LogP contribution in [0.1, 0.15) is 24.1 Å². The number of nitrogens with zero attached hydrogens (tertiary/aromatic N) is 1. The molecule has 0 aliphatic carbocycles. The van der Waals surface area contributed by atoms with E-state index in [1.165, 1.54) is 5.56 Å². The molecule has 1 unspecified atom stereocenters. The Balaban J connectivity index is 2.15. The van der Waals surface area contributed by atoms with Gasteiger partial charge in [0.25, 0.3) is 0 Å². The van der Waals surface area contributed by atoms with Gasteiger partial charge in [0.15, 0.2) is 0 Å². The van der Waals surface area contributed by atoms with E-state index < -0.39 is 0 Å². The number of nitrogen functional groups attached to an aromatic ring is 1. The van der Waals surface area contributed by atoms with Crippen molar-refractivity contribution in [3.05, 3.63) is 63.1 Å². The summed E-state index contributed by atoms with van der Waals surface area (Å²) in [6.45, 7) is 2.97. The Morgan fingerprint density at radius 2 is 1.85 bits per heavy atom. The van der Waals surface area contributed by atoms with Gasteiger partial charge in [-0.05, 0) is 43.8 Å². The molecule has 20 heavy (non-hydrogen) atoms. The highest BCUT2D eigenvalue weighted by Gasteiger charge is 2.14. The molecule has 2 aromatic rings. The highest BCUT2D eigenvalue weighted by Crippen LogP contribution is 2.27. The van der Waals surface area contributed by atoms with Crippen molar-refractivity contribution in [2.24, 2.45) is 0 Å². The molecule has 2 nitrogen and oxygen atoms in total. The maximum absolute atomic E-state index is 6.05. The van der Waals surface area contributed by atoms with Crippen LogP contribution in [0.25, 0.3) is 0 Å². The average Bonchev–Trinajstić information content (AvgIpc) is 2.43. The average molecular weight is 354 g/mol. The SMILES string of the molecule is CC(c1ccc(Cl)cc1)N(C)Cc1c(N)cccc1Br. The Kier molecular flexibility index (Phi) is 5.08. The summed E-state index contributed by atoms with van der Waals surface area (Å²) < 4.78 is 1.05. The summed E-state index contributed by atoms with van der Waals surface area (Å²) in [4.78, 5) is 2.26. The molecule has 0 fully saturated rings. The largest absolute Gasteiger partial charge is 0.398 e. The fraction of sp³-hybridized carbons (Fsp3) is 0.250. The second-order valence-electron chi connectivity index (χ2n) is 4.95. The summed E-state index contributed by atoms with van der Waals surface area (Å²) in [7, 11) is 2.10. The quantitative estimate of drug-likeness (QED) is 0.794. The predicted octanol–water partition coefficient (Wildman–Crippen LogP) is 4.88. The van der Waals surface area contributed by atoms with E-state index in [1.807, 2.05) is 30.3 Å². The van der Waals surface area contributed by atoms with Gasteiger partial charge in [0.1, 0.15) is 0 Å². The second-order valence-corrected chi connectivity index (χ2v) is 6.24. The monoisotopic (exact) mass is 352 g/mol. The topological polar surface area (TPSA) is 29.3 Å². The molecule has 1 atom stereocenters. The van der Waals surface area contributed by atoms with Gasteiger partial charge in [0.2, 0.25) is 0 Å². The first-order valence-electron chi connectivity index (χ1n) is 6.47. The lowest BCUT2D eigenvalue weighted by molar-refractivity contribution is 0.253. The van der Waals surface area contributed by atoms with E-state index in [2.05, 4.69) is 46.9 Å². The first kappa shape index (κ1) is 15.4. The first-order chi connectivity index (χ1) is 9.49. The summed E-state index contributed by atoms with van der Waals surface area (Å²) in [5.41, 5.74) is 9.23. The predicted molar refractivity (Wildman–Crippen MR) is 89.9 cm³/mol. The maximum Gasteiger partial charge on any atom is 0.0406 e. The lowest BCUT2D eigenvalue weighted by Crippen LogP contribution is -2.22. The smallest absolute Gasteiger partial charge is 0.0406 e. The van der Waals surface area contributed by atoms with E-state index >= 15 is 0 Å². The van der Waals surface area contributed by atoms with E-state index in [9.17, 15) is 0 Å². The van der Waals surface area contributed by atoms with Crippen molar-refractivity contribution in [3.8, 4) is 0 Å². The van der Waals surface area contributed by atoms with Crippen molar-refractivity contribution < 1.29 is 0 Å². The number of hydrogen-bond donors (Lipinski definition) is 1. The van der Waals surface area contributed by atoms with E-state index in [1.54, 1.807) is 0 Å². The van der Waals surface area contributed by atoms with Crippen molar-refractivity contribution in [3.63, 3.8) is 0 Å². The Bertz CT molecular complexity index is 563. The standard InChI is InChI=1S/C16H18BrClN2/c1-11(12-6-8-13(18)9-7-12)20(2)10-14-15(17)4-3-5-16(14)19/h3-9,11H,10,19H2,1-2H3. The highest BCUT2D eigenvalue weighted by molar-refractivity contribution is 9.10.